The highest BCUT2D eigenvalue weighted by Gasteiger charge is 2.38. The molecular weight excluding hydrogens is 385 g/mol. The first-order valence-electron chi connectivity index (χ1n) is 7.81. The Balaban J connectivity index is 2.84. The number of amides is 2. The van der Waals surface area contributed by atoms with Crippen molar-refractivity contribution in [2.75, 3.05) is 5.75 Å². The predicted molar refractivity (Wildman–Crippen MR) is 95.3 cm³/mol. The second-order valence-electron chi connectivity index (χ2n) is 5.60. The zero-order valence-corrected chi connectivity index (χ0v) is 15.0. The van der Waals surface area contributed by atoms with E-state index in [1.165, 1.54) is 0 Å². The first-order valence-corrected chi connectivity index (χ1v) is 8.44. The molecule has 0 aromatic heterocycles. The second-order valence-corrected chi connectivity index (χ2v) is 6.05. The Morgan fingerprint density at radius 3 is 2.19 bits per heavy atom. The summed E-state index contributed by atoms with van der Waals surface area (Å²) in [4.78, 5) is 35.4. The molecule has 1 aromatic carbocycles. The average Bonchev–Trinajstić information content (AvgIpc) is 2.59. The van der Waals surface area contributed by atoms with Crippen LogP contribution in [-0.2, 0) is 20.8 Å². The van der Waals surface area contributed by atoms with Gasteiger partial charge in [0.25, 0.3) is 5.91 Å². The van der Waals surface area contributed by atoms with Gasteiger partial charge in [-0.3, -0.25) is 9.59 Å². The van der Waals surface area contributed by atoms with Gasteiger partial charge in [0.1, 0.15) is 17.7 Å². The molecule has 27 heavy (non-hydrogen) atoms. The molecule has 1 rings (SSSR count). The minimum atomic E-state index is -4.94. The van der Waals surface area contributed by atoms with E-state index >= 15 is 0 Å². The Bertz CT molecular complexity index is 695. The molecule has 0 saturated heterocycles. The Morgan fingerprint density at radius 2 is 1.70 bits per heavy atom. The largest absolute Gasteiger partial charge is 0.480 e. The molecule has 10 heteroatoms. The fourth-order valence-corrected chi connectivity index (χ4v) is 2.35. The number of carboxylic acid groups (broad SMARTS) is 1. The molecule has 0 aliphatic carbocycles. The number of carbonyl (C=O) groups excluding carboxylic acids is 2. The van der Waals surface area contributed by atoms with Crippen molar-refractivity contribution in [3.05, 3.63) is 48.0 Å². The molecule has 0 saturated carbocycles. The molecule has 2 atom stereocenters. The van der Waals surface area contributed by atoms with Crippen LogP contribution in [-0.4, -0.2) is 46.9 Å². The average molecular weight is 404 g/mol. The van der Waals surface area contributed by atoms with Gasteiger partial charge in [-0.15, -0.1) is 0 Å². The highest BCUT2D eigenvalue weighted by atomic mass is 32.1. The maximum Gasteiger partial charge on any atom is 0.421 e. The first kappa shape index (κ1) is 22.6. The van der Waals surface area contributed by atoms with Crippen LogP contribution in [0.4, 0.5) is 13.2 Å². The maximum atomic E-state index is 12.5. The van der Waals surface area contributed by atoms with E-state index in [-0.39, 0.29) is 18.6 Å². The summed E-state index contributed by atoms with van der Waals surface area (Å²) >= 11 is 3.90. The Hall–Kier alpha value is -2.49. The topological polar surface area (TPSA) is 95.5 Å². The lowest BCUT2D eigenvalue weighted by Crippen LogP contribution is -2.53. The molecule has 3 N–H and O–H groups in total. The number of carboxylic acids is 1. The van der Waals surface area contributed by atoms with Crippen molar-refractivity contribution in [1.29, 1.82) is 0 Å². The number of hydrogen-bond donors (Lipinski definition) is 4. The zero-order valence-electron chi connectivity index (χ0n) is 14.1. The van der Waals surface area contributed by atoms with E-state index in [0.29, 0.717) is 5.56 Å². The van der Waals surface area contributed by atoms with Crippen molar-refractivity contribution < 1.29 is 32.7 Å². The normalized spacial score (nSPS) is 13.3. The van der Waals surface area contributed by atoms with Crippen LogP contribution in [0.5, 0.6) is 0 Å². The van der Waals surface area contributed by atoms with Crippen LogP contribution in [0.3, 0.4) is 0 Å². The van der Waals surface area contributed by atoms with Crippen molar-refractivity contribution in [2.45, 2.75) is 31.1 Å². The molecule has 0 heterocycles. The lowest BCUT2D eigenvalue weighted by Gasteiger charge is -2.22. The summed E-state index contributed by atoms with van der Waals surface area (Å²) in [7, 11) is 0. The van der Waals surface area contributed by atoms with Crippen LogP contribution in [0.1, 0.15) is 12.0 Å². The highest BCUT2D eigenvalue weighted by Crippen LogP contribution is 2.24. The van der Waals surface area contributed by atoms with Crippen LogP contribution < -0.4 is 10.6 Å². The maximum absolute atomic E-state index is 12.5. The number of hydrogen-bond acceptors (Lipinski definition) is 4. The standard InChI is InChI=1S/C17H19F3N2O4S/c1-10(17(18,19)20)14(23)21-12(7-8-27)15(24)22-13(16(25)26)9-11-5-3-2-4-6-11/h2-6,12-13,27H,1,7-9H2,(H,21,23)(H,22,24)(H,25,26)/t12?,13-/m1/s1. The van der Waals surface area contributed by atoms with Crippen molar-refractivity contribution in [2.24, 2.45) is 0 Å². The predicted octanol–water partition coefficient (Wildman–Crippen LogP) is 1.72. The van der Waals surface area contributed by atoms with Crippen LogP contribution in [0.25, 0.3) is 0 Å². The monoisotopic (exact) mass is 404 g/mol. The Labute approximate surface area is 159 Å². The smallest absolute Gasteiger partial charge is 0.421 e. The minimum Gasteiger partial charge on any atom is -0.480 e. The molecular formula is C17H19F3N2O4S. The molecule has 1 aromatic rings. The summed E-state index contributed by atoms with van der Waals surface area (Å²) in [6.07, 6.45) is -5.06. The molecule has 0 spiro atoms. The number of rotatable bonds is 9. The third kappa shape index (κ3) is 7.33. The zero-order chi connectivity index (χ0) is 20.6. The van der Waals surface area contributed by atoms with Gasteiger partial charge in [0, 0.05) is 6.42 Å². The van der Waals surface area contributed by atoms with Gasteiger partial charge in [-0.1, -0.05) is 36.9 Å². The van der Waals surface area contributed by atoms with E-state index in [2.05, 4.69) is 24.5 Å². The van der Waals surface area contributed by atoms with E-state index in [1.54, 1.807) is 30.3 Å². The Morgan fingerprint density at radius 1 is 1.11 bits per heavy atom. The van der Waals surface area contributed by atoms with Gasteiger partial charge in [0.15, 0.2) is 0 Å². The minimum absolute atomic E-state index is 0.0291. The summed E-state index contributed by atoms with van der Waals surface area (Å²) in [6.45, 7) is 2.66. The second kappa shape index (κ2) is 10.0. The van der Waals surface area contributed by atoms with E-state index in [0.717, 1.165) is 0 Å². The van der Waals surface area contributed by atoms with Crippen LogP contribution in [0.2, 0.25) is 0 Å². The molecule has 0 aliphatic heterocycles. The van der Waals surface area contributed by atoms with Crippen molar-refractivity contribution in [1.82, 2.24) is 10.6 Å². The van der Waals surface area contributed by atoms with Gasteiger partial charge >= 0.3 is 12.1 Å². The molecule has 0 aliphatic rings. The van der Waals surface area contributed by atoms with Gasteiger partial charge in [-0.05, 0) is 17.7 Å². The van der Waals surface area contributed by atoms with Crippen molar-refractivity contribution in [3.63, 3.8) is 0 Å². The molecule has 148 valence electrons. The van der Waals surface area contributed by atoms with E-state index in [1.807, 2.05) is 5.32 Å². The number of carbonyl (C=O) groups is 3. The summed E-state index contributed by atoms with van der Waals surface area (Å²) in [6, 6.07) is 5.77. The fraction of sp³-hybridized carbons (Fsp3) is 0.353. The van der Waals surface area contributed by atoms with Gasteiger partial charge in [0.05, 0.1) is 0 Å². The number of alkyl halides is 3. The van der Waals surface area contributed by atoms with Gasteiger partial charge in [0.2, 0.25) is 5.91 Å². The van der Waals surface area contributed by atoms with E-state index in [9.17, 15) is 32.7 Å². The summed E-state index contributed by atoms with van der Waals surface area (Å²) < 4.78 is 37.6. The van der Waals surface area contributed by atoms with Gasteiger partial charge in [-0.2, -0.15) is 25.8 Å². The molecule has 0 fully saturated rings. The molecule has 6 nitrogen and oxygen atoms in total. The summed E-state index contributed by atoms with van der Waals surface area (Å²) in [5.41, 5.74) is -1.01. The number of benzene rings is 1. The first-order chi connectivity index (χ1) is 12.6. The number of halogens is 3. The third-order valence-corrected chi connectivity index (χ3v) is 3.81. The van der Waals surface area contributed by atoms with E-state index in [4.69, 9.17) is 0 Å². The molecule has 0 bridgehead atoms. The summed E-state index contributed by atoms with van der Waals surface area (Å²) in [5.74, 6) is -3.72. The fourth-order valence-electron chi connectivity index (χ4n) is 2.09. The quantitative estimate of drug-likeness (QED) is 0.372. The van der Waals surface area contributed by atoms with Gasteiger partial charge in [-0.25, -0.2) is 4.79 Å². The SMILES string of the molecule is C=C(C(=O)NC(CCS)C(=O)N[C@H](Cc1ccccc1)C(=O)O)C(F)(F)F. The van der Waals surface area contributed by atoms with Crippen LogP contribution in [0, 0.1) is 0 Å². The number of aliphatic carboxylic acids is 1. The lowest BCUT2D eigenvalue weighted by molar-refractivity contribution is -0.142. The van der Waals surface area contributed by atoms with Crippen LogP contribution in [0.15, 0.2) is 42.5 Å². The van der Waals surface area contributed by atoms with Gasteiger partial charge < -0.3 is 15.7 Å². The third-order valence-electron chi connectivity index (χ3n) is 3.55. The number of thiol groups is 1. The lowest BCUT2D eigenvalue weighted by atomic mass is 10.1. The van der Waals surface area contributed by atoms with Crippen LogP contribution >= 0.6 is 12.6 Å². The van der Waals surface area contributed by atoms with Crippen molar-refractivity contribution in [3.8, 4) is 0 Å². The molecule has 1 unspecified atom stereocenters. The molecule has 2 amide bonds. The Kier molecular flexibility index (Phi) is 8.35. The highest BCUT2D eigenvalue weighted by molar-refractivity contribution is 7.80. The number of nitrogens with one attached hydrogen (secondary N) is 2. The molecule has 0 radical (unpaired) electrons. The van der Waals surface area contributed by atoms with Crippen molar-refractivity contribution >= 4 is 30.4 Å². The van der Waals surface area contributed by atoms with E-state index < -0.39 is 41.6 Å². The summed E-state index contributed by atoms with van der Waals surface area (Å²) in [5, 5.41) is 13.4.